The van der Waals surface area contributed by atoms with Gasteiger partial charge in [-0.1, -0.05) is 60.8 Å². The van der Waals surface area contributed by atoms with E-state index in [0.717, 1.165) is 32.1 Å². The molecular weight excluding hydrogens is 304 g/mol. The van der Waals surface area contributed by atoms with Gasteiger partial charge in [0.2, 0.25) is 0 Å². The van der Waals surface area contributed by atoms with E-state index in [4.69, 9.17) is 9.47 Å². The van der Waals surface area contributed by atoms with E-state index < -0.39 is 0 Å². The second-order valence-electron chi connectivity index (χ2n) is 9.35. The third-order valence-corrected chi connectivity index (χ3v) is 4.66. The Labute approximate surface area is 147 Å². The number of hydrogen-bond donors (Lipinski definition) is 0. The van der Waals surface area contributed by atoms with Crippen molar-refractivity contribution in [3.63, 3.8) is 0 Å². The van der Waals surface area contributed by atoms with Crippen LogP contribution in [0.15, 0.2) is 0 Å². The van der Waals surface area contributed by atoms with Crippen LogP contribution < -0.4 is 0 Å². The van der Waals surface area contributed by atoms with Crippen molar-refractivity contribution in [1.82, 2.24) is 0 Å². The fraction of sp³-hybridized carbons (Fsp3) is 0.900. The Morgan fingerprint density at radius 2 is 1.46 bits per heavy atom. The van der Waals surface area contributed by atoms with Crippen LogP contribution in [0.5, 0.6) is 0 Å². The van der Waals surface area contributed by atoms with E-state index in [1.54, 1.807) is 0 Å². The number of hydrogen-bond acceptors (Lipinski definition) is 4. The maximum atomic E-state index is 12.5. The van der Waals surface area contributed by atoms with Gasteiger partial charge in [-0.2, -0.15) is 0 Å². The molecule has 0 N–H and O–H groups in total. The Morgan fingerprint density at radius 3 is 1.96 bits per heavy atom. The standard InChI is InChI=1S/C20H36O4/c1-19(2,3)14-16(20(4,5)6)18(22)24-13-12-23-17(21)15-10-8-7-9-11-15/h15-16H,7-14H2,1-6H3. The average Bonchev–Trinajstić information content (AvgIpc) is 2.47. The van der Waals surface area contributed by atoms with Crippen LogP contribution in [0.25, 0.3) is 0 Å². The van der Waals surface area contributed by atoms with Crippen molar-refractivity contribution >= 4 is 11.9 Å². The van der Waals surface area contributed by atoms with E-state index in [0.29, 0.717) is 0 Å². The molecule has 140 valence electrons. The molecule has 0 aromatic heterocycles. The summed E-state index contributed by atoms with van der Waals surface area (Å²) in [6.07, 6.45) is 6.05. The van der Waals surface area contributed by atoms with Gasteiger partial charge in [0.25, 0.3) is 0 Å². The number of carbonyl (C=O) groups is 2. The normalized spacial score (nSPS) is 18.1. The van der Waals surface area contributed by atoms with Crippen molar-refractivity contribution in [3.8, 4) is 0 Å². The topological polar surface area (TPSA) is 52.6 Å². The molecule has 1 atom stereocenters. The summed E-state index contributed by atoms with van der Waals surface area (Å²) >= 11 is 0. The van der Waals surface area contributed by atoms with E-state index in [1.165, 1.54) is 6.42 Å². The van der Waals surface area contributed by atoms with Crippen molar-refractivity contribution in [3.05, 3.63) is 0 Å². The van der Waals surface area contributed by atoms with Crippen LogP contribution in [-0.4, -0.2) is 25.2 Å². The molecule has 0 heterocycles. The van der Waals surface area contributed by atoms with Crippen LogP contribution >= 0.6 is 0 Å². The van der Waals surface area contributed by atoms with E-state index >= 15 is 0 Å². The number of ether oxygens (including phenoxy) is 2. The number of esters is 2. The van der Waals surface area contributed by atoms with Gasteiger partial charge in [-0.15, -0.1) is 0 Å². The smallest absolute Gasteiger partial charge is 0.309 e. The summed E-state index contributed by atoms with van der Waals surface area (Å²) in [4.78, 5) is 24.4. The minimum atomic E-state index is -0.189. The van der Waals surface area contributed by atoms with Crippen molar-refractivity contribution in [2.75, 3.05) is 13.2 Å². The zero-order valence-electron chi connectivity index (χ0n) is 16.4. The first-order valence-electron chi connectivity index (χ1n) is 9.34. The number of rotatable bonds is 6. The molecule has 0 radical (unpaired) electrons. The second-order valence-corrected chi connectivity index (χ2v) is 9.35. The molecule has 1 saturated carbocycles. The Hall–Kier alpha value is -1.06. The van der Waals surface area contributed by atoms with Crippen LogP contribution in [-0.2, 0) is 19.1 Å². The SMILES string of the molecule is CC(C)(C)CC(C(=O)OCCOC(=O)C1CCCCC1)C(C)(C)C. The highest BCUT2D eigenvalue weighted by Crippen LogP contribution is 2.36. The first-order chi connectivity index (χ1) is 11.0. The minimum absolute atomic E-state index is 0.0395. The van der Waals surface area contributed by atoms with E-state index in [2.05, 4.69) is 41.5 Å². The predicted molar refractivity (Wildman–Crippen MR) is 95.5 cm³/mol. The molecule has 1 aliphatic carbocycles. The monoisotopic (exact) mass is 340 g/mol. The van der Waals surface area contributed by atoms with E-state index in [1.807, 2.05) is 0 Å². The van der Waals surface area contributed by atoms with Gasteiger partial charge >= 0.3 is 11.9 Å². The van der Waals surface area contributed by atoms with Crippen LogP contribution in [0.3, 0.4) is 0 Å². The van der Waals surface area contributed by atoms with Crippen molar-refractivity contribution < 1.29 is 19.1 Å². The maximum Gasteiger partial charge on any atom is 0.309 e. The Balaban J connectivity index is 2.38. The van der Waals surface area contributed by atoms with Crippen molar-refractivity contribution in [1.29, 1.82) is 0 Å². The molecule has 0 aliphatic heterocycles. The molecule has 4 heteroatoms. The van der Waals surface area contributed by atoms with Gasteiger partial charge in [0.05, 0.1) is 11.8 Å². The van der Waals surface area contributed by atoms with Crippen molar-refractivity contribution in [2.24, 2.45) is 22.7 Å². The van der Waals surface area contributed by atoms with Crippen LogP contribution in [0.4, 0.5) is 0 Å². The Bertz CT molecular complexity index is 408. The van der Waals surface area contributed by atoms with Gasteiger partial charge in [-0.05, 0) is 30.1 Å². The summed E-state index contributed by atoms with van der Waals surface area (Å²) in [6.45, 7) is 12.9. The number of carbonyl (C=O) groups excluding carboxylic acids is 2. The fourth-order valence-corrected chi connectivity index (χ4v) is 3.20. The van der Waals surface area contributed by atoms with E-state index in [-0.39, 0.29) is 47.8 Å². The molecular formula is C20H36O4. The van der Waals surface area contributed by atoms with Gasteiger partial charge in [0, 0.05) is 0 Å². The summed E-state index contributed by atoms with van der Waals surface area (Å²) in [5, 5.41) is 0. The molecule has 0 amide bonds. The molecule has 1 aliphatic rings. The van der Waals surface area contributed by atoms with Gasteiger partial charge in [0.1, 0.15) is 13.2 Å². The molecule has 4 nitrogen and oxygen atoms in total. The third kappa shape index (κ3) is 7.67. The summed E-state index contributed by atoms with van der Waals surface area (Å²) in [5.41, 5.74) is -0.0897. The molecule has 1 rings (SSSR count). The largest absolute Gasteiger partial charge is 0.462 e. The molecule has 0 bridgehead atoms. The summed E-state index contributed by atoms with van der Waals surface area (Å²) in [7, 11) is 0. The van der Waals surface area contributed by atoms with Gasteiger partial charge < -0.3 is 9.47 Å². The highest BCUT2D eigenvalue weighted by molar-refractivity contribution is 5.74. The predicted octanol–water partition coefficient (Wildman–Crippen LogP) is 4.75. The molecule has 0 saturated heterocycles. The Kier molecular flexibility index (Phi) is 7.75. The van der Waals surface area contributed by atoms with Crippen LogP contribution in [0, 0.1) is 22.7 Å². The van der Waals surface area contributed by atoms with Crippen LogP contribution in [0.1, 0.15) is 80.1 Å². The molecule has 0 aromatic rings. The zero-order chi connectivity index (χ0) is 18.4. The van der Waals surface area contributed by atoms with Gasteiger partial charge in [-0.3, -0.25) is 9.59 Å². The summed E-state index contributed by atoms with van der Waals surface area (Å²) < 4.78 is 10.7. The molecule has 24 heavy (non-hydrogen) atoms. The molecule has 1 fully saturated rings. The van der Waals surface area contributed by atoms with Crippen LogP contribution in [0.2, 0.25) is 0 Å². The molecule has 0 aromatic carbocycles. The summed E-state index contributed by atoms with van der Waals surface area (Å²) in [6, 6.07) is 0. The first-order valence-corrected chi connectivity index (χ1v) is 9.34. The lowest BCUT2D eigenvalue weighted by atomic mass is 9.72. The Morgan fingerprint density at radius 1 is 0.917 bits per heavy atom. The lowest BCUT2D eigenvalue weighted by Gasteiger charge is -2.33. The molecule has 1 unspecified atom stereocenters. The lowest BCUT2D eigenvalue weighted by Crippen LogP contribution is -2.34. The van der Waals surface area contributed by atoms with Gasteiger partial charge in [0.15, 0.2) is 0 Å². The maximum absolute atomic E-state index is 12.5. The zero-order valence-corrected chi connectivity index (χ0v) is 16.4. The average molecular weight is 341 g/mol. The van der Waals surface area contributed by atoms with E-state index in [9.17, 15) is 9.59 Å². The highest BCUT2D eigenvalue weighted by Gasteiger charge is 2.35. The molecule has 0 spiro atoms. The lowest BCUT2D eigenvalue weighted by molar-refractivity contribution is -0.161. The first kappa shape index (κ1) is 21.0. The third-order valence-electron chi connectivity index (χ3n) is 4.66. The van der Waals surface area contributed by atoms with Gasteiger partial charge in [-0.25, -0.2) is 0 Å². The second kappa shape index (κ2) is 8.87. The fourth-order valence-electron chi connectivity index (χ4n) is 3.20. The highest BCUT2D eigenvalue weighted by atomic mass is 16.6. The van der Waals surface area contributed by atoms with Crippen molar-refractivity contribution in [2.45, 2.75) is 80.1 Å². The quantitative estimate of drug-likeness (QED) is 0.517. The minimum Gasteiger partial charge on any atom is -0.462 e. The summed E-state index contributed by atoms with van der Waals surface area (Å²) in [5.74, 6) is -0.442.